The fourth-order valence-corrected chi connectivity index (χ4v) is 22.3. The van der Waals surface area contributed by atoms with Crippen molar-refractivity contribution in [2.75, 3.05) is 39.6 Å². The minimum atomic E-state index is -2.62. The van der Waals surface area contributed by atoms with Crippen LogP contribution in [-0.4, -0.2) is 57.3 Å². The average molecular weight is 783 g/mol. The Labute approximate surface area is 304 Å². The van der Waals surface area contributed by atoms with Gasteiger partial charge in [0.2, 0.25) is 0 Å². The van der Waals surface area contributed by atoms with Crippen molar-refractivity contribution in [1.29, 1.82) is 0 Å². The lowest BCUT2D eigenvalue weighted by atomic mass is 10.1. The Morgan fingerprint density at radius 2 is 0.804 bits per heavy atom. The number of benzene rings is 2. The van der Waals surface area contributed by atoms with Crippen molar-refractivity contribution in [3.63, 3.8) is 0 Å². The monoisotopic (exact) mass is 782 g/mol. The Kier molecular flexibility index (Phi) is 23.1. The molecule has 0 unspecified atom stereocenters. The minimum Gasteiger partial charge on any atom is -0.374 e. The molecule has 0 saturated heterocycles. The third-order valence-electron chi connectivity index (χ3n) is 6.95. The zero-order valence-electron chi connectivity index (χ0n) is 28.8. The molecule has 14 heteroatoms. The van der Waals surface area contributed by atoms with Crippen LogP contribution in [0.2, 0.25) is 12.1 Å². The molecule has 0 aliphatic heterocycles. The first-order valence-corrected chi connectivity index (χ1v) is 27.7. The van der Waals surface area contributed by atoms with Crippen LogP contribution in [0.25, 0.3) is 0 Å². The van der Waals surface area contributed by atoms with E-state index < -0.39 is 17.6 Å². The lowest BCUT2D eigenvalue weighted by molar-refractivity contribution is 0.0700. The minimum absolute atomic E-state index is 0.615. The summed E-state index contributed by atoms with van der Waals surface area (Å²) in [5.41, 5.74) is 5.40. The van der Waals surface area contributed by atoms with Crippen LogP contribution in [0.3, 0.4) is 0 Å². The lowest BCUT2D eigenvalue weighted by Crippen LogP contribution is -2.46. The zero-order valence-corrected chi connectivity index (χ0v) is 35.7. The second kappa shape index (κ2) is 24.8. The van der Waals surface area contributed by atoms with E-state index in [1.165, 1.54) is 32.0 Å². The predicted octanol–water partition coefficient (Wildman–Crippen LogP) is 11.7. The van der Waals surface area contributed by atoms with Crippen LogP contribution < -0.4 is 0 Å². The van der Waals surface area contributed by atoms with E-state index in [1.54, 1.807) is 0 Å². The van der Waals surface area contributed by atoms with Gasteiger partial charge < -0.3 is 26.6 Å². The molecule has 0 bridgehead atoms. The van der Waals surface area contributed by atoms with Crippen molar-refractivity contribution in [2.24, 2.45) is 0 Å². The highest BCUT2D eigenvalue weighted by Crippen LogP contribution is 2.56. The van der Waals surface area contributed by atoms with E-state index in [0.29, 0.717) is 39.6 Å². The zero-order chi connectivity index (χ0) is 33.7. The number of hydrogen-bond donors (Lipinski definition) is 0. The van der Waals surface area contributed by atoms with Crippen LogP contribution in [0.15, 0.2) is 46.2 Å². The molecule has 0 atom stereocenters. The highest BCUT2D eigenvalue weighted by Gasteiger charge is 2.40. The third-order valence-corrected chi connectivity index (χ3v) is 24.2. The second-order valence-electron chi connectivity index (χ2n) is 10.2. The molecule has 0 aliphatic rings. The molecule has 0 radical (unpaired) electrons. The first-order chi connectivity index (χ1) is 22.3. The third kappa shape index (κ3) is 14.9. The molecule has 2 aromatic rings. The molecule has 0 saturated carbocycles. The van der Waals surface area contributed by atoms with Gasteiger partial charge in [0.05, 0.1) is 0 Å². The van der Waals surface area contributed by atoms with Crippen molar-refractivity contribution in [2.45, 2.75) is 103 Å². The summed E-state index contributed by atoms with van der Waals surface area (Å²) in [7, 11) is 5.79. The maximum absolute atomic E-state index is 6.07. The topological polar surface area (TPSA) is 55.4 Å². The normalized spacial score (nSPS) is 12.3. The molecular weight excluding hydrogens is 729 g/mol. The van der Waals surface area contributed by atoms with Gasteiger partial charge in [0, 0.05) is 61.5 Å². The van der Waals surface area contributed by atoms with Gasteiger partial charge in [0.1, 0.15) is 0 Å². The highest BCUT2D eigenvalue weighted by atomic mass is 33.9. The Morgan fingerprint density at radius 3 is 1.11 bits per heavy atom. The van der Waals surface area contributed by atoms with Crippen molar-refractivity contribution in [3.05, 3.63) is 58.7 Å². The van der Waals surface area contributed by atoms with Crippen LogP contribution in [-0.2, 0) is 39.4 Å². The van der Waals surface area contributed by atoms with Gasteiger partial charge >= 0.3 is 17.6 Å². The maximum Gasteiger partial charge on any atom is 0.500 e. The van der Waals surface area contributed by atoms with Crippen molar-refractivity contribution in [1.82, 2.24) is 0 Å². The summed E-state index contributed by atoms with van der Waals surface area (Å²) in [5.74, 6) is 0. The lowest BCUT2D eigenvalue weighted by Gasteiger charge is -2.28. The van der Waals surface area contributed by atoms with Crippen LogP contribution in [0.5, 0.6) is 0 Å². The molecule has 0 amide bonds. The Hall–Kier alpha value is 0.734. The molecule has 0 N–H and O–H groups in total. The first kappa shape index (κ1) is 42.9. The number of rotatable bonds is 27. The van der Waals surface area contributed by atoms with Crippen LogP contribution >= 0.6 is 60.9 Å². The van der Waals surface area contributed by atoms with Crippen molar-refractivity contribution in [3.8, 4) is 0 Å². The van der Waals surface area contributed by atoms with Crippen LogP contribution in [0.1, 0.15) is 76.6 Å². The molecule has 0 spiro atoms. The van der Waals surface area contributed by atoms with Gasteiger partial charge in [-0.3, -0.25) is 0 Å². The summed E-state index contributed by atoms with van der Waals surface area (Å²) < 4.78 is 36.4. The molecule has 0 fully saturated rings. The number of aryl methyl sites for hydroxylation is 4. The Balaban J connectivity index is 1.89. The summed E-state index contributed by atoms with van der Waals surface area (Å²) in [5, 5.41) is 0. The van der Waals surface area contributed by atoms with Gasteiger partial charge in [-0.2, -0.15) is 0 Å². The SMILES string of the molecule is CCO[Si](CCCc1cccc(C)c1SSSSSSc1c(C)cccc1CCC[Si](OCC)(OCC)OCC)(OCC)OCC. The summed E-state index contributed by atoms with van der Waals surface area (Å²) in [6, 6.07) is 14.9. The van der Waals surface area contributed by atoms with Crippen LogP contribution in [0.4, 0.5) is 0 Å². The van der Waals surface area contributed by atoms with Gasteiger partial charge in [0.15, 0.2) is 0 Å². The van der Waals surface area contributed by atoms with E-state index in [2.05, 4.69) is 50.2 Å². The van der Waals surface area contributed by atoms with Gasteiger partial charge in [-0.05, 0) is 164 Å². The molecule has 0 heterocycles. The summed E-state index contributed by atoms with van der Waals surface area (Å²) >= 11 is 0. The van der Waals surface area contributed by atoms with Crippen molar-refractivity contribution >= 4 is 78.5 Å². The molecule has 46 heavy (non-hydrogen) atoms. The average Bonchev–Trinajstić information content (AvgIpc) is 3.02. The van der Waals surface area contributed by atoms with Gasteiger partial charge in [-0.25, -0.2) is 0 Å². The van der Waals surface area contributed by atoms with E-state index in [-0.39, 0.29) is 0 Å². The smallest absolute Gasteiger partial charge is 0.374 e. The van der Waals surface area contributed by atoms with Gasteiger partial charge in [-0.15, -0.1) is 0 Å². The second-order valence-corrected chi connectivity index (χ2v) is 24.9. The van der Waals surface area contributed by atoms with E-state index in [9.17, 15) is 0 Å². The largest absolute Gasteiger partial charge is 0.500 e. The van der Waals surface area contributed by atoms with Crippen LogP contribution in [0, 0.1) is 13.8 Å². The fourth-order valence-electron chi connectivity index (χ4n) is 5.17. The molecule has 262 valence electrons. The van der Waals surface area contributed by atoms with E-state index >= 15 is 0 Å². The maximum atomic E-state index is 6.07. The van der Waals surface area contributed by atoms with E-state index in [0.717, 1.165) is 37.8 Å². The highest BCUT2D eigenvalue weighted by molar-refractivity contribution is 9.41. The van der Waals surface area contributed by atoms with Crippen molar-refractivity contribution < 1.29 is 26.6 Å². The van der Waals surface area contributed by atoms with Gasteiger partial charge in [-0.1, -0.05) is 36.4 Å². The summed E-state index contributed by atoms with van der Waals surface area (Å²) in [6.45, 7) is 20.2. The van der Waals surface area contributed by atoms with Gasteiger partial charge in [0.25, 0.3) is 0 Å². The fraction of sp³-hybridized carbons (Fsp3) is 0.625. The first-order valence-electron chi connectivity index (χ1n) is 16.3. The predicted molar refractivity (Wildman–Crippen MR) is 212 cm³/mol. The molecular formula is C32H54O6S6Si2. The Bertz CT molecular complexity index is 999. The molecule has 6 nitrogen and oxygen atoms in total. The van der Waals surface area contributed by atoms with E-state index in [1.807, 2.05) is 102 Å². The summed E-state index contributed by atoms with van der Waals surface area (Å²) in [4.78, 5) is 2.73. The summed E-state index contributed by atoms with van der Waals surface area (Å²) in [6.07, 6.45) is 3.92. The molecule has 2 aromatic carbocycles. The standard InChI is InChI=1S/C32H54O6S6Si2/c1-9-33-45(34-10-2,35-11-3)25-17-23-29-21-15-19-27(7)31(29)39-41-43-44-42-40-32-28(8)20-16-22-30(32)24-18-26-46(36-12-4,37-13-5)38-14-6/h15-16,19-22H,9-14,17-18,23-26H2,1-8H3. The number of hydrogen-bond acceptors (Lipinski definition) is 12. The quantitative estimate of drug-likeness (QED) is 0.0493. The van der Waals surface area contributed by atoms with E-state index in [4.69, 9.17) is 26.6 Å². The molecule has 2 rings (SSSR count). The Morgan fingerprint density at radius 1 is 0.478 bits per heavy atom. The molecule has 0 aliphatic carbocycles. The molecule has 0 aromatic heterocycles.